The lowest BCUT2D eigenvalue weighted by Crippen LogP contribution is -2.47. The number of anilines is 1. The average molecular weight is 365 g/mol. The number of nitrogens with zero attached hydrogens (tertiary/aromatic N) is 2. The molecule has 0 N–H and O–H groups in total. The van der Waals surface area contributed by atoms with Crippen LogP contribution in [0.1, 0.15) is 65.3 Å². The second-order valence-electron chi connectivity index (χ2n) is 8.14. The predicted molar refractivity (Wildman–Crippen MR) is 114 cm³/mol. The van der Waals surface area contributed by atoms with E-state index >= 15 is 0 Å². The molecule has 1 aliphatic heterocycles. The quantitative estimate of drug-likeness (QED) is 0.688. The number of hydrogen-bond acceptors (Lipinski definition) is 3. The Morgan fingerprint density at radius 3 is 1.85 bits per heavy atom. The maximum atomic E-state index is 11.1. The molecule has 1 fully saturated rings. The molecule has 1 atom stereocenters. The van der Waals surface area contributed by atoms with Gasteiger partial charge in [0.15, 0.2) is 0 Å². The van der Waals surface area contributed by atoms with Crippen LogP contribution in [0.25, 0.3) is 0 Å². The first-order valence-corrected chi connectivity index (χ1v) is 10.1. The van der Waals surface area contributed by atoms with Crippen molar-refractivity contribution >= 4 is 12.0 Å². The Morgan fingerprint density at radius 1 is 0.852 bits per heavy atom. The highest BCUT2D eigenvalue weighted by Gasteiger charge is 2.24. The molecule has 2 aromatic rings. The number of benzene rings is 2. The van der Waals surface area contributed by atoms with Gasteiger partial charge in [0.2, 0.25) is 0 Å². The van der Waals surface area contributed by atoms with Crippen molar-refractivity contribution in [3.63, 3.8) is 0 Å². The standard InChI is InChI=1S/C24H32N2O/c1-17(2)22-6-8-23(9-7-22)20(5)25-10-12-26(13-11-25)24-18(3)14-21(16-27)15-19(24)4/h6-9,14-17,20H,10-13H2,1-5H3/t20-/m1/s1. The van der Waals surface area contributed by atoms with Crippen molar-refractivity contribution in [3.8, 4) is 0 Å². The van der Waals surface area contributed by atoms with E-state index in [0.29, 0.717) is 12.0 Å². The number of rotatable bonds is 5. The van der Waals surface area contributed by atoms with Gasteiger partial charge in [0.25, 0.3) is 0 Å². The van der Waals surface area contributed by atoms with Gasteiger partial charge in [0.1, 0.15) is 6.29 Å². The average Bonchev–Trinajstić information content (AvgIpc) is 2.67. The summed E-state index contributed by atoms with van der Waals surface area (Å²) in [4.78, 5) is 16.1. The van der Waals surface area contributed by atoms with Gasteiger partial charge in [-0.05, 0) is 61.1 Å². The summed E-state index contributed by atoms with van der Waals surface area (Å²) >= 11 is 0. The van der Waals surface area contributed by atoms with Crippen LogP contribution in [0.4, 0.5) is 5.69 Å². The van der Waals surface area contributed by atoms with Crippen molar-refractivity contribution < 1.29 is 4.79 Å². The molecule has 0 bridgehead atoms. The van der Waals surface area contributed by atoms with Crippen LogP contribution in [0.5, 0.6) is 0 Å². The lowest BCUT2D eigenvalue weighted by Gasteiger charge is -2.40. The molecule has 3 rings (SSSR count). The fourth-order valence-corrected chi connectivity index (χ4v) is 4.26. The fraction of sp³-hybridized carbons (Fsp3) is 0.458. The highest BCUT2D eigenvalue weighted by atomic mass is 16.1. The van der Waals surface area contributed by atoms with E-state index in [-0.39, 0.29) is 0 Å². The first-order valence-electron chi connectivity index (χ1n) is 10.1. The highest BCUT2D eigenvalue weighted by Crippen LogP contribution is 2.29. The van der Waals surface area contributed by atoms with Gasteiger partial charge < -0.3 is 4.90 Å². The van der Waals surface area contributed by atoms with Crippen LogP contribution in [0.15, 0.2) is 36.4 Å². The van der Waals surface area contributed by atoms with E-state index in [9.17, 15) is 4.79 Å². The summed E-state index contributed by atoms with van der Waals surface area (Å²) in [5, 5.41) is 0. The molecule has 1 saturated heterocycles. The molecule has 3 nitrogen and oxygen atoms in total. The van der Waals surface area contributed by atoms with E-state index in [2.05, 4.69) is 68.7 Å². The van der Waals surface area contributed by atoms with Gasteiger partial charge in [-0.15, -0.1) is 0 Å². The maximum absolute atomic E-state index is 11.1. The van der Waals surface area contributed by atoms with Gasteiger partial charge in [-0.1, -0.05) is 38.1 Å². The van der Waals surface area contributed by atoms with Crippen molar-refractivity contribution in [2.75, 3.05) is 31.1 Å². The molecule has 0 saturated carbocycles. The molecule has 0 amide bonds. The van der Waals surface area contributed by atoms with Crippen LogP contribution >= 0.6 is 0 Å². The third-order valence-corrected chi connectivity index (χ3v) is 5.91. The summed E-state index contributed by atoms with van der Waals surface area (Å²) in [6, 6.07) is 13.6. The summed E-state index contributed by atoms with van der Waals surface area (Å²) in [6.45, 7) is 15.2. The first-order chi connectivity index (χ1) is 12.9. The molecule has 2 aromatic carbocycles. The van der Waals surface area contributed by atoms with E-state index in [0.717, 1.165) is 38.0 Å². The number of carbonyl (C=O) groups excluding carboxylic acids is 1. The van der Waals surface area contributed by atoms with Crippen molar-refractivity contribution in [3.05, 3.63) is 64.2 Å². The molecule has 0 unspecified atom stereocenters. The van der Waals surface area contributed by atoms with E-state index in [1.165, 1.54) is 27.9 Å². The number of piperazine rings is 1. The molecule has 0 spiro atoms. The normalized spacial score (nSPS) is 16.6. The molecule has 1 aliphatic rings. The van der Waals surface area contributed by atoms with Crippen LogP contribution in [0.3, 0.4) is 0 Å². The van der Waals surface area contributed by atoms with Gasteiger partial charge >= 0.3 is 0 Å². The Morgan fingerprint density at radius 2 is 1.37 bits per heavy atom. The molecular formula is C24H32N2O. The molecule has 0 aliphatic carbocycles. The Bertz CT molecular complexity index is 764. The van der Waals surface area contributed by atoms with Crippen LogP contribution in [0, 0.1) is 13.8 Å². The number of hydrogen-bond donors (Lipinski definition) is 0. The molecule has 0 radical (unpaired) electrons. The topological polar surface area (TPSA) is 23.6 Å². The molecule has 0 aromatic heterocycles. The van der Waals surface area contributed by atoms with Crippen LogP contribution in [-0.2, 0) is 0 Å². The summed E-state index contributed by atoms with van der Waals surface area (Å²) < 4.78 is 0. The molecule has 27 heavy (non-hydrogen) atoms. The largest absolute Gasteiger partial charge is 0.369 e. The van der Waals surface area contributed by atoms with Gasteiger partial charge in [-0.3, -0.25) is 9.69 Å². The minimum atomic E-state index is 0.438. The summed E-state index contributed by atoms with van der Waals surface area (Å²) in [5.74, 6) is 0.579. The zero-order chi connectivity index (χ0) is 19.6. The Labute approximate surface area is 164 Å². The molecular weight excluding hydrogens is 332 g/mol. The Balaban J connectivity index is 1.67. The number of aryl methyl sites for hydroxylation is 2. The van der Waals surface area contributed by atoms with Crippen LogP contribution < -0.4 is 4.90 Å². The summed E-state index contributed by atoms with van der Waals surface area (Å²) in [6.07, 6.45) is 0.938. The summed E-state index contributed by atoms with van der Waals surface area (Å²) in [7, 11) is 0. The van der Waals surface area contributed by atoms with Crippen molar-refractivity contribution in [2.45, 2.75) is 46.6 Å². The van der Waals surface area contributed by atoms with E-state index in [4.69, 9.17) is 0 Å². The lowest BCUT2D eigenvalue weighted by molar-refractivity contribution is 0.112. The van der Waals surface area contributed by atoms with E-state index in [1.54, 1.807) is 0 Å². The van der Waals surface area contributed by atoms with Gasteiger partial charge in [0, 0.05) is 43.5 Å². The van der Waals surface area contributed by atoms with E-state index in [1.807, 2.05) is 12.1 Å². The number of carbonyl (C=O) groups is 1. The van der Waals surface area contributed by atoms with Gasteiger partial charge in [-0.2, -0.15) is 0 Å². The zero-order valence-electron chi connectivity index (χ0n) is 17.3. The fourth-order valence-electron chi connectivity index (χ4n) is 4.26. The first kappa shape index (κ1) is 19.6. The molecule has 144 valence electrons. The minimum absolute atomic E-state index is 0.438. The Kier molecular flexibility index (Phi) is 6.01. The lowest BCUT2D eigenvalue weighted by atomic mass is 9.98. The minimum Gasteiger partial charge on any atom is -0.369 e. The van der Waals surface area contributed by atoms with Crippen molar-refractivity contribution in [2.24, 2.45) is 0 Å². The van der Waals surface area contributed by atoms with Crippen LogP contribution in [0.2, 0.25) is 0 Å². The Hall–Kier alpha value is -2.13. The molecule has 3 heteroatoms. The van der Waals surface area contributed by atoms with Gasteiger partial charge in [-0.25, -0.2) is 0 Å². The predicted octanol–water partition coefficient (Wildman–Crippen LogP) is 5.12. The monoisotopic (exact) mass is 364 g/mol. The summed E-state index contributed by atoms with van der Waals surface area (Å²) in [5.41, 5.74) is 7.27. The zero-order valence-corrected chi connectivity index (χ0v) is 17.3. The smallest absolute Gasteiger partial charge is 0.150 e. The maximum Gasteiger partial charge on any atom is 0.150 e. The third kappa shape index (κ3) is 4.24. The number of aldehydes is 1. The third-order valence-electron chi connectivity index (χ3n) is 5.91. The molecule has 1 heterocycles. The van der Waals surface area contributed by atoms with Crippen molar-refractivity contribution in [1.29, 1.82) is 0 Å². The SMILES string of the molecule is Cc1cc(C=O)cc(C)c1N1CCN([C@H](C)c2ccc(C(C)C)cc2)CC1. The highest BCUT2D eigenvalue weighted by molar-refractivity contribution is 5.78. The van der Waals surface area contributed by atoms with Crippen molar-refractivity contribution in [1.82, 2.24) is 4.90 Å². The van der Waals surface area contributed by atoms with E-state index < -0.39 is 0 Å². The second kappa shape index (κ2) is 8.26. The second-order valence-corrected chi connectivity index (χ2v) is 8.14. The van der Waals surface area contributed by atoms with Gasteiger partial charge in [0.05, 0.1) is 0 Å². The van der Waals surface area contributed by atoms with Crippen LogP contribution in [-0.4, -0.2) is 37.4 Å².